The first kappa shape index (κ1) is 10.7. The maximum Gasteiger partial charge on any atom is -0.0115 e. The molecule has 0 amide bonds. The van der Waals surface area contributed by atoms with Gasteiger partial charge in [-0.15, -0.1) is 0 Å². The van der Waals surface area contributed by atoms with Crippen molar-refractivity contribution in [2.45, 2.75) is 12.8 Å². The van der Waals surface area contributed by atoms with Crippen LogP contribution < -0.4 is 0 Å². The van der Waals surface area contributed by atoms with E-state index in [9.17, 15) is 0 Å². The lowest BCUT2D eigenvalue weighted by Gasteiger charge is -2.14. The number of allylic oxidation sites excluding steroid dienone is 5. The van der Waals surface area contributed by atoms with Crippen molar-refractivity contribution in [2.24, 2.45) is 0 Å². The Morgan fingerprint density at radius 3 is 2.75 bits per heavy atom. The van der Waals surface area contributed by atoms with Gasteiger partial charge < -0.3 is 0 Å². The van der Waals surface area contributed by atoms with E-state index in [1.807, 2.05) is 18.2 Å². The summed E-state index contributed by atoms with van der Waals surface area (Å²) in [5.74, 6) is 0. The monoisotopic (exact) mass is 208 g/mol. The minimum absolute atomic E-state index is 1.08. The molecule has 0 atom stereocenters. The second kappa shape index (κ2) is 4.80. The zero-order chi connectivity index (χ0) is 11.4. The van der Waals surface area contributed by atoms with E-state index in [0.29, 0.717) is 0 Å². The largest absolute Gasteiger partial charge is 0.0984 e. The highest BCUT2D eigenvalue weighted by molar-refractivity contribution is 5.82. The third kappa shape index (κ3) is 2.06. The van der Waals surface area contributed by atoms with E-state index in [2.05, 4.69) is 43.5 Å². The van der Waals surface area contributed by atoms with Crippen molar-refractivity contribution in [2.75, 3.05) is 0 Å². The van der Waals surface area contributed by atoms with Gasteiger partial charge in [-0.2, -0.15) is 0 Å². The zero-order valence-corrected chi connectivity index (χ0v) is 9.45. The molecule has 0 radical (unpaired) electrons. The highest BCUT2D eigenvalue weighted by Gasteiger charge is 2.08. The second-order valence-corrected chi connectivity index (χ2v) is 3.93. The maximum absolute atomic E-state index is 4.21. The molecule has 16 heavy (non-hydrogen) atoms. The molecular weight excluding hydrogens is 192 g/mol. The van der Waals surface area contributed by atoms with E-state index in [1.54, 1.807) is 0 Å². The molecule has 0 unspecified atom stereocenters. The Morgan fingerprint density at radius 2 is 2.06 bits per heavy atom. The maximum atomic E-state index is 4.21. The summed E-state index contributed by atoms with van der Waals surface area (Å²) in [5, 5.41) is 0. The van der Waals surface area contributed by atoms with Crippen LogP contribution in [0.25, 0.3) is 11.6 Å². The lowest BCUT2D eigenvalue weighted by Crippen LogP contribution is -1.93. The molecule has 1 aromatic carbocycles. The van der Waals surface area contributed by atoms with Crippen LogP contribution in [0.3, 0.4) is 0 Å². The molecule has 0 aromatic heterocycles. The predicted octanol–water partition coefficient (Wildman–Crippen LogP) is 4.62. The summed E-state index contributed by atoms with van der Waals surface area (Å²) in [6, 6.07) is 8.26. The summed E-state index contributed by atoms with van der Waals surface area (Å²) < 4.78 is 0. The molecule has 0 bridgehead atoms. The first-order chi connectivity index (χ1) is 7.83. The quantitative estimate of drug-likeness (QED) is 0.680. The molecule has 0 spiro atoms. The molecule has 1 aromatic rings. The first-order valence-electron chi connectivity index (χ1n) is 5.59. The van der Waals surface area contributed by atoms with E-state index < -0.39 is 0 Å². The zero-order valence-electron chi connectivity index (χ0n) is 9.45. The van der Waals surface area contributed by atoms with E-state index in [-0.39, 0.29) is 0 Å². The first-order valence-corrected chi connectivity index (χ1v) is 5.59. The van der Waals surface area contributed by atoms with Crippen LogP contribution in [0.4, 0.5) is 0 Å². The van der Waals surface area contributed by atoms with Gasteiger partial charge in [-0.25, -0.2) is 0 Å². The molecule has 0 heteroatoms. The average Bonchev–Trinajstić information content (AvgIpc) is 2.39. The minimum atomic E-state index is 1.08. The van der Waals surface area contributed by atoms with Crippen molar-refractivity contribution < 1.29 is 0 Å². The third-order valence-corrected chi connectivity index (χ3v) is 2.91. The van der Waals surface area contributed by atoms with Crippen LogP contribution in [0.15, 0.2) is 61.2 Å². The van der Waals surface area contributed by atoms with Crippen molar-refractivity contribution in [1.82, 2.24) is 0 Å². The second-order valence-electron chi connectivity index (χ2n) is 3.93. The molecule has 0 fully saturated rings. The summed E-state index contributed by atoms with van der Waals surface area (Å²) in [7, 11) is 0. The molecule has 0 N–H and O–H groups in total. The van der Waals surface area contributed by atoms with Crippen LogP contribution in [0.2, 0.25) is 0 Å². The van der Waals surface area contributed by atoms with Crippen LogP contribution in [0.5, 0.6) is 0 Å². The molecule has 1 aliphatic rings. The van der Waals surface area contributed by atoms with Gasteiger partial charge in [-0.3, -0.25) is 0 Å². The lowest BCUT2D eigenvalue weighted by molar-refractivity contribution is 0.996. The SMILES string of the molecule is C=Cc1ccccc1C(=C)C1=CC=CCC1. The highest BCUT2D eigenvalue weighted by atomic mass is 14.1. The van der Waals surface area contributed by atoms with Crippen LogP contribution in [-0.2, 0) is 0 Å². The van der Waals surface area contributed by atoms with Crippen molar-refractivity contribution in [3.05, 3.63) is 72.4 Å². The Labute approximate surface area is 97.3 Å². The van der Waals surface area contributed by atoms with E-state index in [1.165, 1.54) is 11.1 Å². The van der Waals surface area contributed by atoms with Crippen LogP contribution in [0.1, 0.15) is 24.0 Å². The van der Waals surface area contributed by atoms with E-state index >= 15 is 0 Å². The molecule has 1 aliphatic carbocycles. The van der Waals surface area contributed by atoms with Crippen LogP contribution >= 0.6 is 0 Å². The Balaban J connectivity index is 2.37. The van der Waals surface area contributed by atoms with Crippen molar-refractivity contribution in [3.8, 4) is 0 Å². The fourth-order valence-corrected chi connectivity index (χ4v) is 1.98. The summed E-state index contributed by atoms with van der Waals surface area (Å²) in [6.45, 7) is 8.05. The number of rotatable bonds is 3. The van der Waals surface area contributed by atoms with Gasteiger partial charge in [0.2, 0.25) is 0 Å². The summed E-state index contributed by atoms with van der Waals surface area (Å²) in [4.78, 5) is 0. The van der Waals surface area contributed by atoms with Gasteiger partial charge in [0.25, 0.3) is 0 Å². The van der Waals surface area contributed by atoms with Gasteiger partial charge in [-0.05, 0) is 35.1 Å². The average molecular weight is 208 g/mol. The minimum Gasteiger partial charge on any atom is -0.0984 e. The fourth-order valence-electron chi connectivity index (χ4n) is 1.98. The van der Waals surface area contributed by atoms with Gasteiger partial charge in [0.1, 0.15) is 0 Å². The van der Waals surface area contributed by atoms with Crippen molar-refractivity contribution >= 4 is 11.6 Å². The van der Waals surface area contributed by atoms with Gasteiger partial charge in [0.05, 0.1) is 0 Å². The number of hydrogen-bond donors (Lipinski definition) is 0. The molecule has 80 valence electrons. The van der Waals surface area contributed by atoms with Crippen LogP contribution in [0, 0.1) is 0 Å². The van der Waals surface area contributed by atoms with Gasteiger partial charge in [0, 0.05) is 0 Å². The molecule has 2 rings (SSSR count). The van der Waals surface area contributed by atoms with Gasteiger partial charge in [-0.1, -0.05) is 61.7 Å². The van der Waals surface area contributed by atoms with Gasteiger partial charge in [0.15, 0.2) is 0 Å². The highest BCUT2D eigenvalue weighted by Crippen LogP contribution is 2.29. The lowest BCUT2D eigenvalue weighted by atomic mass is 9.90. The normalized spacial score (nSPS) is 14.4. The van der Waals surface area contributed by atoms with Crippen molar-refractivity contribution in [3.63, 3.8) is 0 Å². The Hall–Kier alpha value is -1.82. The summed E-state index contributed by atoms with van der Waals surface area (Å²) >= 11 is 0. The topological polar surface area (TPSA) is 0 Å². The van der Waals surface area contributed by atoms with Crippen molar-refractivity contribution in [1.29, 1.82) is 0 Å². The Bertz CT molecular complexity index is 473. The number of hydrogen-bond acceptors (Lipinski definition) is 0. The molecule has 0 heterocycles. The Morgan fingerprint density at radius 1 is 1.25 bits per heavy atom. The molecule has 0 saturated carbocycles. The predicted molar refractivity (Wildman–Crippen MR) is 72.0 cm³/mol. The Kier molecular flexibility index (Phi) is 3.21. The standard InChI is InChI=1S/C16H16/c1-3-14-9-7-8-12-16(14)13(2)15-10-5-4-6-11-15/h3-5,7-10,12H,1-2,6,11H2. The molecule has 0 saturated heterocycles. The van der Waals surface area contributed by atoms with E-state index in [0.717, 1.165) is 24.0 Å². The number of benzene rings is 1. The molecular formula is C16H16. The molecule has 0 nitrogen and oxygen atoms in total. The van der Waals surface area contributed by atoms with E-state index in [4.69, 9.17) is 0 Å². The third-order valence-electron chi connectivity index (χ3n) is 2.91. The summed E-state index contributed by atoms with van der Waals surface area (Å²) in [5.41, 5.74) is 4.80. The van der Waals surface area contributed by atoms with Gasteiger partial charge >= 0.3 is 0 Å². The van der Waals surface area contributed by atoms with Crippen LogP contribution in [-0.4, -0.2) is 0 Å². The summed E-state index contributed by atoms with van der Waals surface area (Å²) in [6.07, 6.45) is 10.5. The fraction of sp³-hybridized carbons (Fsp3) is 0.125. The molecule has 0 aliphatic heterocycles. The smallest absolute Gasteiger partial charge is 0.0115 e.